The SMILES string of the molecule is CCCC1(C(=O)CCS(=O)(=O)CCC)CCCNC1. The van der Waals surface area contributed by atoms with Gasteiger partial charge in [0.05, 0.1) is 5.75 Å². The van der Waals surface area contributed by atoms with Gasteiger partial charge in [0.2, 0.25) is 0 Å². The first-order valence-corrected chi connectivity index (χ1v) is 9.22. The molecule has 0 aromatic carbocycles. The standard InChI is InChI=1S/C14H27NO3S/c1-3-7-14(8-5-9-15-12-14)13(16)6-11-19(17,18)10-4-2/h15H,3-12H2,1-2H3. The molecule has 4 nitrogen and oxygen atoms in total. The molecule has 1 aliphatic heterocycles. The van der Waals surface area contributed by atoms with E-state index in [2.05, 4.69) is 12.2 Å². The number of carbonyl (C=O) groups is 1. The van der Waals surface area contributed by atoms with Gasteiger partial charge in [-0.3, -0.25) is 4.79 Å². The maximum atomic E-state index is 12.5. The van der Waals surface area contributed by atoms with Crippen LogP contribution in [0.4, 0.5) is 0 Å². The molecule has 1 fully saturated rings. The average molecular weight is 289 g/mol. The molecule has 0 amide bonds. The van der Waals surface area contributed by atoms with Crippen LogP contribution in [0.1, 0.15) is 52.4 Å². The van der Waals surface area contributed by atoms with Gasteiger partial charge in [-0.15, -0.1) is 0 Å². The lowest BCUT2D eigenvalue weighted by Crippen LogP contribution is -2.46. The quantitative estimate of drug-likeness (QED) is 0.742. The predicted octanol–water partition coefficient (Wildman–Crippen LogP) is 1.94. The summed E-state index contributed by atoms with van der Waals surface area (Å²) < 4.78 is 23.4. The van der Waals surface area contributed by atoms with Gasteiger partial charge in [-0.1, -0.05) is 20.3 Å². The minimum atomic E-state index is -3.05. The predicted molar refractivity (Wildman–Crippen MR) is 78.0 cm³/mol. The van der Waals surface area contributed by atoms with Crippen LogP contribution in [0.5, 0.6) is 0 Å². The van der Waals surface area contributed by atoms with Crippen LogP contribution < -0.4 is 5.32 Å². The van der Waals surface area contributed by atoms with Crippen molar-refractivity contribution in [3.8, 4) is 0 Å². The Morgan fingerprint density at radius 3 is 2.47 bits per heavy atom. The Bertz CT molecular complexity index is 378. The van der Waals surface area contributed by atoms with E-state index in [4.69, 9.17) is 0 Å². The highest BCUT2D eigenvalue weighted by atomic mass is 32.2. The van der Waals surface area contributed by atoms with Crippen molar-refractivity contribution in [1.29, 1.82) is 0 Å². The Morgan fingerprint density at radius 1 is 1.21 bits per heavy atom. The van der Waals surface area contributed by atoms with Gasteiger partial charge in [-0.2, -0.15) is 0 Å². The van der Waals surface area contributed by atoms with E-state index in [1.54, 1.807) is 0 Å². The van der Waals surface area contributed by atoms with Crippen LogP contribution in [0.3, 0.4) is 0 Å². The number of carbonyl (C=O) groups excluding carboxylic acids is 1. The summed E-state index contributed by atoms with van der Waals surface area (Å²) in [7, 11) is -3.05. The van der Waals surface area contributed by atoms with Crippen molar-refractivity contribution >= 4 is 15.6 Å². The minimum absolute atomic E-state index is 0.0190. The molecular weight excluding hydrogens is 262 g/mol. The van der Waals surface area contributed by atoms with Crippen LogP contribution in [0, 0.1) is 5.41 Å². The molecule has 1 unspecified atom stereocenters. The number of ketones is 1. The van der Waals surface area contributed by atoms with Gasteiger partial charge >= 0.3 is 0 Å². The Kier molecular flexibility index (Phi) is 6.47. The molecule has 1 atom stereocenters. The summed E-state index contributed by atoms with van der Waals surface area (Å²) in [5, 5.41) is 3.29. The smallest absolute Gasteiger partial charge is 0.150 e. The first-order chi connectivity index (χ1) is 8.96. The first kappa shape index (κ1) is 16.6. The zero-order valence-electron chi connectivity index (χ0n) is 12.2. The number of piperidine rings is 1. The maximum absolute atomic E-state index is 12.5. The Hall–Kier alpha value is -0.420. The fraction of sp³-hybridized carbons (Fsp3) is 0.929. The normalized spacial score (nSPS) is 24.3. The fourth-order valence-electron chi connectivity index (χ4n) is 2.96. The molecule has 1 saturated heterocycles. The summed E-state index contributed by atoms with van der Waals surface area (Å²) in [5.74, 6) is 0.353. The van der Waals surface area contributed by atoms with E-state index in [9.17, 15) is 13.2 Å². The van der Waals surface area contributed by atoms with Crippen molar-refractivity contribution in [1.82, 2.24) is 5.32 Å². The zero-order chi connectivity index (χ0) is 14.4. The van der Waals surface area contributed by atoms with Crippen molar-refractivity contribution in [2.75, 3.05) is 24.6 Å². The second-order valence-electron chi connectivity index (χ2n) is 5.64. The minimum Gasteiger partial charge on any atom is -0.316 e. The molecule has 0 radical (unpaired) electrons. The molecule has 0 aliphatic carbocycles. The molecular formula is C14H27NO3S. The lowest BCUT2D eigenvalue weighted by molar-refractivity contribution is -0.129. The molecule has 5 heteroatoms. The number of sulfone groups is 1. The molecule has 112 valence electrons. The van der Waals surface area contributed by atoms with Gasteiger partial charge in [-0.05, 0) is 32.2 Å². The second kappa shape index (κ2) is 7.39. The summed E-state index contributed by atoms with van der Waals surface area (Å²) in [6, 6.07) is 0. The third kappa shape index (κ3) is 4.88. The third-order valence-corrected chi connectivity index (χ3v) is 5.80. The van der Waals surface area contributed by atoms with Crippen molar-refractivity contribution in [3.05, 3.63) is 0 Å². The summed E-state index contributed by atoms with van der Waals surface area (Å²) in [5.41, 5.74) is -0.311. The van der Waals surface area contributed by atoms with Gasteiger partial charge in [0.25, 0.3) is 0 Å². The van der Waals surface area contributed by atoms with Gasteiger partial charge in [-0.25, -0.2) is 8.42 Å². The third-order valence-electron chi connectivity index (χ3n) is 3.95. The van der Waals surface area contributed by atoms with Crippen LogP contribution >= 0.6 is 0 Å². The number of Topliss-reactive ketones (excluding diaryl/α,β-unsaturated/α-hetero) is 1. The highest BCUT2D eigenvalue weighted by Crippen LogP contribution is 2.33. The molecule has 1 rings (SSSR count). The summed E-state index contributed by atoms with van der Waals surface area (Å²) in [6.07, 6.45) is 4.55. The van der Waals surface area contributed by atoms with Gasteiger partial charge < -0.3 is 5.32 Å². The lowest BCUT2D eigenvalue weighted by Gasteiger charge is -2.36. The molecule has 1 aliphatic rings. The Balaban J connectivity index is 2.63. The average Bonchev–Trinajstić information content (AvgIpc) is 2.37. The highest BCUT2D eigenvalue weighted by molar-refractivity contribution is 7.91. The second-order valence-corrected chi connectivity index (χ2v) is 7.94. The molecule has 19 heavy (non-hydrogen) atoms. The lowest BCUT2D eigenvalue weighted by atomic mass is 9.73. The molecule has 0 aromatic heterocycles. The van der Waals surface area contributed by atoms with Crippen LogP contribution in [0.15, 0.2) is 0 Å². The van der Waals surface area contributed by atoms with Gasteiger partial charge in [0.1, 0.15) is 5.78 Å². The van der Waals surface area contributed by atoms with E-state index < -0.39 is 9.84 Å². The van der Waals surface area contributed by atoms with E-state index in [-0.39, 0.29) is 29.1 Å². The number of nitrogens with one attached hydrogen (secondary N) is 1. The monoisotopic (exact) mass is 289 g/mol. The number of hydrogen-bond donors (Lipinski definition) is 1. The van der Waals surface area contributed by atoms with Crippen molar-refractivity contribution in [3.63, 3.8) is 0 Å². The molecule has 0 bridgehead atoms. The molecule has 0 spiro atoms. The van der Waals surface area contributed by atoms with E-state index in [1.807, 2.05) is 6.92 Å². The van der Waals surface area contributed by atoms with E-state index >= 15 is 0 Å². The molecule has 1 N–H and O–H groups in total. The Labute approximate surface area is 117 Å². The Morgan fingerprint density at radius 2 is 1.95 bits per heavy atom. The summed E-state index contributed by atoms with van der Waals surface area (Å²) in [6.45, 7) is 5.61. The first-order valence-electron chi connectivity index (χ1n) is 7.40. The fourth-order valence-corrected chi connectivity index (χ4v) is 4.29. The topological polar surface area (TPSA) is 63.2 Å². The van der Waals surface area contributed by atoms with E-state index in [0.29, 0.717) is 13.0 Å². The van der Waals surface area contributed by atoms with Crippen LogP contribution in [0.25, 0.3) is 0 Å². The van der Waals surface area contributed by atoms with Crippen molar-refractivity contribution in [2.24, 2.45) is 5.41 Å². The van der Waals surface area contributed by atoms with Crippen molar-refractivity contribution < 1.29 is 13.2 Å². The van der Waals surface area contributed by atoms with Crippen LogP contribution in [-0.4, -0.2) is 38.8 Å². The van der Waals surface area contributed by atoms with Gasteiger partial charge in [0.15, 0.2) is 9.84 Å². The maximum Gasteiger partial charge on any atom is 0.150 e. The van der Waals surface area contributed by atoms with Crippen LogP contribution in [-0.2, 0) is 14.6 Å². The van der Waals surface area contributed by atoms with E-state index in [1.165, 1.54) is 0 Å². The number of hydrogen-bond acceptors (Lipinski definition) is 4. The molecule has 0 saturated carbocycles. The summed E-state index contributed by atoms with van der Waals surface area (Å²) in [4.78, 5) is 12.5. The summed E-state index contributed by atoms with van der Waals surface area (Å²) >= 11 is 0. The van der Waals surface area contributed by atoms with Gasteiger partial charge in [0, 0.05) is 24.1 Å². The highest BCUT2D eigenvalue weighted by Gasteiger charge is 2.38. The van der Waals surface area contributed by atoms with E-state index in [0.717, 1.165) is 32.2 Å². The van der Waals surface area contributed by atoms with Crippen LogP contribution in [0.2, 0.25) is 0 Å². The largest absolute Gasteiger partial charge is 0.316 e. The number of rotatable bonds is 8. The zero-order valence-corrected chi connectivity index (χ0v) is 13.0. The molecule has 1 heterocycles. The van der Waals surface area contributed by atoms with Crippen molar-refractivity contribution in [2.45, 2.75) is 52.4 Å². The molecule has 0 aromatic rings.